The summed E-state index contributed by atoms with van der Waals surface area (Å²) >= 11 is 0. The van der Waals surface area contributed by atoms with Gasteiger partial charge in [0.25, 0.3) is 5.91 Å². The number of aromatic nitrogens is 2. The van der Waals surface area contributed by atoms with Gasteiger partial charge in [-0.05, 0) is 42.3 Å². The molecule has 3 aromatic rings. The summed E-state index contributed by atoms with van der Waals surface area (Å²) in [7, 11) is 1.34. The van der Waals surface area contributed by atoms with Gasteiger partial charge < -0.3 is 15.4 Å². The third-order valence-corrected chi connectivity index (χ3v) is 4.16. The normalized spacial score (nSPS) is 10.2. The van der Waals surface area contributed by atoms with Crippen LogP contribution in [0.5, 0.6) is 0 Å². The Hall–Kier alpha value is -3.74. The number of carbonyl (C=O) groups excluding carboxylic acids is 2. The molecule has 28 heavy (non-hydrogen) atoms. The zero-order valence-corrected chi connectivity index (χ0v) is 15.6. The molecular formula is C21H20N4O3. The average Bonchev–Trinajstić information content (AvgIpc) is 2.73. The van der Waals surface area contributed by atoms with Crippen molar-refractivity contribution in [2.75, 3.05) is 12.4 Å². The molecule has 0 unspecified atom stereocenters. The number of carbonyl (C=O) groups is 2. The lowest BCUT2D eigenvalue weighted by Crippen LogP contribution is -2.24. The fourth-order valence-electron chi connectivity index (χ4n) is 2.54. The highest BCUT2D eigenvalue weighted by Crippen LogP contribution is 2.15. The maximum atomic E-state index is 12.3. The van der Waals surface area contributed by atoms with Crippen LogP contribution in [0.4, 0.5) is 11.5 Å². The van der Waals surface area contributed by atoms with Gasteiger partial charge in [-0.15, -0.1) is 0 Å². The predicted molar refractivity (Wildman–Crippen MR) is 105 cm³/mol. The summed E-state index contributed by atoms with van der Waals surface area (Å²) in [6.45, 7) is 2.43. The first kappa shape index (κ1) is 19.0. The molecule has 7 heteroatoms. The van der Waals surface area contributed by atoms with Crippen LogP contribution in [0.3, 0.4) is 0 Å². The van der Waals surface area contributed by atoms with Crippen molar-refractivity contribution in [2.24, 2.45) is 0 Å². The van der Waals surface area contributed by atoms with Crippen LogP contribution in [0.25, 0.3) is 0 Å². The van der Waals surface area contributed by atoms with Gasteiger partial charge in [0, 0.05) is 12.2 Å². The second-order valence-electron chi connectivity index (χ2n) is 6.09. The van der Waals surface area contributed by atoms with E-state index < -0.39 is 5.97 Å². The van der Waals surface area contributed by atoms with Gasteiger partial charge in [0.15, 0.2) is 0 Å². The lowest BCUT2D eigenvalue weighted by atomic mass is 10.1. The number of rotatable bonds is 6. The van der Waals surface area contributed by atoms with Crippen molar-refractivity contribution in [2.45, 2.75) is 13.5 Å². The maximum Gasteiger partial charge on any atom is 0.337 e. The van der Waals surface area contributed by atoms with Gasteiger partial charge in [0.05, 0.1) is 25.1 Å². The second-order valence-corrected chi connectivity index (χ2v) is 6.09. The van der Waals surface area contributed by atoms with Crippen LogP contribution in [0.1, 0.15) is 32.0 Å². The number of anilines is 2. The van der Waals surface area contributed by atoms with E-state index in [-0.39, 0.29) is 11.6 Å². The quantitative estimate of drug-likeness (QED) is 0.642. The number of aryl methyl sites for hydroxylation is 1. The molecule has 2 N–H and O–H groups in total. The third-order valence-electron chi connectivity index (χ3n) is 4.16. The van der Waals surface area contributed by atoms with E-state index in [0.717, 1.165) is 16.8 Å². The lowest BCUT2D eigenvalue weighted by Gasteiger charge is -2.08. The standard InChI is InChI=1S/C21H20N4O3/c1-14-5-3-4-6-16(14)11-24-20(26)18-12-23-19(13-22-18)25-17-9-7-15(8-10-17)21(27)28-2/h3-10,12-13H,11H2,1-2H3,(H,23,25)(H,24,26). The number of hydrogen-bond acceptors (Lipinski definition) is 6. The predicted octanol–water partition coefficient (Wildman–Crippen LogP) is 3.25. The van der Waals surface area contributed by atoms with E-state index in [4.69, 9.17) is 0 Å². The zero-order chi connectivity index (χ0) is 19.9. The van der Waals surface area contributed by atoms with Crippen molar-refractivity contribution in [1.29, 1.82) is 0 Å². The van der Waals surface area contributed by atoms with Crippen LogP contribution < -0.4 is 10.6 Å². The van der Waals surface area contributed by atoms with E-state index in [1.807, 2.05) is 31.2 Å². The molecule has 0 aliphatic rings. The van der Waals surface area contributed by atoms with Gasteiger partial charge in [-0.1, -0.05) is 24.3 Å². The Morgan fingerprint density at radius 1 is 1.00 bits per heavy atom. The molecule has 0 fully saturated rings. The van der Waals surface area contributed by atoms with Gasteiger partial charge >= 0.3 is 5.97 Å². The molecule has 1 aromatic heterocycles. The average molecular weight is 376 g/mol. The third kappa shape index (κ3) is 4.70. The number of ether oxygens (including phenoxy) is 1. The van der Waals surface area contributed by atoms with Crippen LogP contribution in [0.2, 0.25) is 0 Å². The fraction of sp³-hybridized carbons (Fsp3) is 0.143. The first-order valence-electron chi connectivity index (χ1n) is 8.67. The molecule has 0 aliphatic heterocycles. The summed E-state index contributed by atoms with van der Waals surface area (Å²) < 4.78 is 4.66. The highest BCUT2D eigenvalue weighted by Gasteiger charge is 2.09. The Morgan fingerprint density at radius 3 is 2.39 bits per heavy atom. The minimum atomic E-state index is -0.396. The highest BCUT2D eigenvalue weighted by molar-refractivity contribution is 5.92. The minimum Gasteiger partial charge on any atom is -0.465 e. The van der Waals surface area contributed by atoms with Gasteiger partial charge in [-0.2, -0.15) is 0 Å². The monoisotopic (exact) mass is 376 g/mol. The van der Waals surface area contributed by atoms with Crippen molar-refractivity contribution >= 4 is 23.4 Å². The van der Waals surface area contributed by atoms with Crippen LogP contribution in [-0.4, -0.2) is 29.0 Å². The first-order chi connectivity index (χ1) is 13.6. The van der Waals surface area contributed by atoms with E-state index >= 15 is 0 Å². The molecule has 3 rings (SSSR count). The van der Waals surface area contributed by atoms with Gasteiger partial charge in [0.1, 0.15) is 11.5 Å². The lowest BCUT2D eigenvalue weighted by molar-refractivity contribution is 0.0600. The first-order valence-corrected chi connectivity index (χ1v) is 8.67. The van der Waals surface area contributed by atoms with E-state index in [9.17, 15) is 9.59 Å². The van der Waals surface area contributed by atoms with Crippen LogP contribution >= 0.6 is 0 Å². The summed E-state index contributed by atoms with van der Waals surface area (Å²) in [5, 5.41) is 5.90. The summed E-state index contributed by atoms with van der Waals surface area (Å²) in [5.74, 6) is -0.196. The summed E-state index contributed by atoms with van der Waals surface area (Å²) in [6.07, 6.45) is 2.90. The summed E-state index contributed by atoms with van der Waals surface area (Å²) in [6, 6.07) is 14.6. The van der Waals surface area contributed by atoms with Gasteiger partial charge in [-0.3, -0.25) is 4.79 Å². The molecule has 7 nitrogen and oxygen atoms in total. The Morgan fingerprint density at radius 2 is 1.75 bits per heavy atom. The minimum absolute atomic E-state index is 0.236. The van der Waals surface area contributed by atoms with Crippen molar-refractivity contribution in [3.05, 3.63) is 83.3 Å². The molecule has 0 aliphatic carbocycles. The Bertz CT molecular complexity index is 970. The number of hydrogen-bond donors (Lipinski definition) is 2. The molecule has 2 aromatic carbocycles. The fourth-order valence-corrected chi connectivity index (χ4v) is 2.54. The van der Waals surface area contributed by atoms with Crippen molar-refractivity contribution in [1.82, 2.24) is 15.3 Å². The molecule has 0 saturated heterocycles. The molecule has 0 radical (unpaired) electrons. The molecule has 1 heterocycles. The zero-order valence-electron chi connectivity index (χ0n) is 15.6. The van der Waals surface area contributed by atoms with Crippen LogP contribution in [0.15, 0.2) is 60.9 Å². The second kappa shape index (κ2) is 8.77. The van der Waals surface area contributed by atoms with E-state index in [0.29, 0.717) is 17.9 Å². The van der Waals surface area contributed by atoms with E-state index in [2.05, 4.69) is 25.3 Å². The molecule has 0 spiro atoms. The van der Waals surface area contributed by atoms with Crippen molar-refractivity contribution in [3.63, 3.8) is 0 Å². The number of benzene rings is 2. The molecule has 0 bridgehead atoms. The number of methoxy groups -OCH3 is 1. The van der Waals surface area contributed by atoms with Crippen molar-refractivity contribution in [3.8, 4) is 0 Å². The smallest absolute Gasteiger partial charge is 0.337 e. The highest BCUT2D eigenvalue weighted by atomic mass is 16.5. The van der Waals surface area contributed by atoms with Crippen molar-refractivity contribution < 1.29 is 14.3 Å². The molecule has 142 valence electrons. The van der Waals surface area contributed by atoms with Gasteiger partial charge in [0.2, 0.25) is 0 Å². The SMILES string of the molecule is COC(=O)c1ccc(Nc2cnc(C(=O)NCc3ccccc3C)cn2)cc1. The topological polar surface area (TPSA) is 93.2 Å². The number of nitrogens with one attached hydrogen (secondary N) is 2. The number of amides is 1. The van der Waals surface area contributed by atoms with E-state index in [1.54, 1.807) is 24.3 Å². The molecule has 0 saturated carbocycles. The van der Waals surface area contributed by atoms with Gasteiger partial charge in [-0.25, -0.2) is 14.8 Å². The van der Waals surface area contributed by atoms with Crippen LogP contribution in [0, 0.1) is 6.92 Å². The van der Waals surface area contributed by atoms with Crippen LogP contribution in [-0.2, 0) is 11.3 Å². The number of nitrogens with zero attached hydrogens (tertiary/aromatic N) is 2. The van der Waals surface area contributed by atoms with E-state index in [1.165, 1.54) is 19.5 Å². The Kier molecular flexibility index (Phi) is 5.96. The Balaban J connectivity index is 1.59. The Labute approximate surface area is 162 Å². The largest absolute Gasteiger partial charge is 0.465 e. The summed E-state index contributed by atoms with van der Waals surface area (Å²) in [5.41, 5.74) is 3.60. The maximum absolute atomic E-state index is 12.3. The number of esters is 1. The summed E-state index contributed by atoms with van der Waals surface area (Å²) in [4.78, 5) is 32.1. The molecule has 1 amide bonds. The molecule has 0 atom stereocenters. The molecular weight excluding hydrogens is 356 g/mol.